The highest BCUT2D eigenvalue weighted by molar-refractivity contribution is 6.06. The van der Waals surface area contributed by atoms with Crippen molar-refractivity contribution in [2.45, 2.75) is 13.3 Å². The van der Waals surface area contributed by atoms with Crippen LogP contribution >= 0.6 is 0 Å². The van der Waals surface area contributed by atoms with Crippen LogP contribution < -0.4 is 4.74 Å². The van der Waals surface area contributed by atoms with Crippen LogP contribution in [-0.4, -0.2) is 42.5 Å². The molecule has 0 saturated heterocycles. The first kappa shape index (κ1) is 21.0. The second-order valence-electron chi connectivity index (χ2n) is 6.30. The van der Waals surface area contributed by atoms with Crippen molar-refractivity contribution in [3.63, 3.8) is 0 Å². The first-order chi connectivity index (χ1) is 14.5. The Kier molecular flexibility index (Phi) is 6.46. The molecule has 0 radical (unpaired) electrons. The molecule has 8 heteroatoms. The van der Waals surface area contributed by atoms with Crippen molar-refractivity contribution < 1.29 is 28.2 Å². The fraction of sp³-hybridized carbons (Fsp3) is 0.227. The molecule has 3 rings (SSSR count). The number of aromatic nitrogens is 2. The molecule has 0 spiro atoms. The maximum Gasteiger partial charge on any atom is 0.357 e. The minimum atomic E-state index is -0.770. The van der Waals surface area contributed by atoms with Crippen molar-refractivity contribution in [3.05, 3.63) is 65.6 Å². The SMILES string of the molecule is CCCOc1cc(-c2nn(-c3ccccc3)c(C(=O)OC)c2C(=O)OC)ccc1F. The highest BCUT2D eigenvalue weighted by Gasteiger charge is 2.31. The van der Waals surface area contributed by atoms with E-state index in [2.05, 4.69) is 5.10 Å². The van der Waals surface area contributed by atoms with Crippen LogP contribution in [0.2, 0.25) is 0 Å². The summed E-state index contributed by atoms with van der Waals surface area (Å²) in [5, 5.41) is 4.48. The number of esters is 2. The van der Waals surface area contributed by atoms with E-state index in [9.17, 15) is 14.0 Å². The summed E-state index contributed by atoms with van der Waals surface area (Å²) in [6, 6.07) is 12.9. The molecule has 3 aromatic rings. The summed E-state index contributed by atoms with van der Waals surface area (Å²) < 4.78 is 30.7. The summed E-state index contributed by atoms with van der Waals surface area (Å²) in [6.45, 7) is 2.23. The van der Waals surface area contributed by atoms with Gasteiger partial charge in [0.1, 0.15) is 11.3 Å². The fourth-order valence-corrected chi connectivity index (χ4v) is 2.93. The molecule has 7 nitrogen and oxygen atoms in total. The molecule has 1 aromatic heterocycles. The molecule has 0 N–H and O–H groups in total. The van der Waals surface area contributed by atoms with Crippen molar-refractivity contribution >= 4 is 11.9 Å². The molecule has 0 atom stereocenters. The number of carbonyl (C=O) groups is 2. The Bertz CT molecular complexity index is 1060. The van der Waals surface area contributed by atoms with Gasteiger partial charge in [-0.15, -0.1) is 0 Å². The number of ether oxygens (including phenoxy) is 3. The molecule has 1 heterocycles. The number of carbonyl (C=O) groups excluding carboxylic acids is 2. The van der Waals surface area contributed by atoms with Gasteiger partial charge in [-0.2, -0.15) is 5.10 Å². The minimum Gasteiger partial charge on any atom is -0.491 e. The number of rotatable bonds is 7. The van der Waals surface area contributed by atoms with Crippen LogP contribution in [0.3, 0.4) is 0 Å². The second kappa shape index (κ2) is 9.21. The molecule has 0 amide bonds. The number of para-hydroxylation sites is 1. The van der Waals surface area contributed by atoms with Gasteiger partial charge in [-0.25, -0.2) is 18.7 Å². The van der Waals surface area contributed by atoms with E-state index < -0.39 is 17.8 Å². The maximum absolute atomic E-state index is 14.1. The molecule has 2 aromatic carbocycles. The van der Waals surface area contributed by atoms with Crippen molar-refractivity contribution in [1.82, 2.24) is 9.78 Å². The molecule has 0 unspecified atom stereocenters. The van der Waals surface area contributed by atoms with E-state index >= 15 is 0 Å². The summed E-state index contributed by atoms with van der Waals surface area (Å²) in [4.78, 5) is 25.2. The van der Waals surface area contributed by atoms with Gasteiger partial charge in [-0.1, -0.05) is 25.1 Å². The average molecular weight is 412 g/mol. The van der Waals surface area contributed by atoms with Gasteiger partial charge in [0.05, 0.1) is 26.5 Å². The van der Waals surface area contributed by atoms with E-state index in [-0.39, 0.29) is 22.7 Å². The van der Waals surface area contributed by atoms with Crippen LogP contribution in [0, 0.1) is 5.82 Å². The molecule has 0 fully saturated rings. The number of nitrogens with zero attached hydrogens (tertiary/aromatic N) is 2. The van der Waals surface area contributed by atoms with Crippen molar-refractivity contribution in [3.8, 4) is 22.7 Å². The first-order valence-corrected chi connectivity index (χ1v) is 9.29. The topological polar surface area (TPSA) is 79.7 Å². The summed E-state index contributed by atoms with van der Waals surface area (Å²) in [7, 11) is 2.41. The van der Waals surface area contributed by atoms with Crippen LogP contribution in [0.1, 0.15) is 34.2 Å². The molecule has 0 saturated carbocycles. The summed E-state index contributed by atoms with van der Waals surface area (Å²) in [6.07, 6.45) is 0.701. The lowest BCUT2D eigenvalue weighted by Gasteiger charge is -2.08. The molecular formula is C22H21FN2O5. The Morgan fingerprint density at radius 3 is 2.37 bits per heavy atom. The van der Waals surface area contributed by atoms with Crippen LogP contribution in [-0.2, 0) is 9.47 Å². The van der Waals surface area contributed by atoms with Crippen molar-refractivity contribution in [2.75, 3.05) is 20.8 Å². The van der Waals surface area contributed by atoms with E-state index in [4.69, 9.17) is 14.2 Å². The van der Waals surface area contributed by atoms with Crippen LogP contribution in [0.15, 0.2) is 48.5 Å². The Balaban J connectivity index is 2.28. The zero-order valence-electron chi connectivity index (χ0n) is 16.8. The average Bonchev–Trinajstić information content (AvgIpc) is 3.18. The summed E-state index contributed by atoms with van der Waals surface area (Å²) >= 11 is 0. The van der Waals surface area contributed by atoms with Crippen molar-refractivity contribution in [1.29, 1.82) is 0 Å². The molecular weight excluding hydrogens is 391 g/mol. The first-order valence-electron chi connectivity index (χ1n) is 9.29. The number of hydrogen-bond donors (Lipinski definition) is 0. The molecule has 30 heavy (non-hydrogen) atoms. The smallest absolute Gasteiger partial charge is 0.357 e. The van der Waals surface area contributed by atoms with E-state index in [1.807, 2.05) is 13.0 Å². The third-order valence-corrected chi connectivity index (χ3v) is 4.32. The Hall–Kier alpha value is -3.68. The summed E-state index contributed by atoms with van der Waals surface area (Å²) in [5.41, 5.74) is 0.904. The van der Waals surface area contributed by atoms with Gasteiger partial charge in [0, 0.05) is 5.56 Å². The van der Waals surface area contributed by atoms with Gasteiger partial charge in [-0.3, -0.25) is 0 Å². The number of methoxy groups -OCH3 is 2. The fourth-order valence-electron chi connectivity index (χ4n) is 2.93. The van der Waals surface area contributed by atoms with Gasteiger partial charge >= 0.3 is 11.9 Å². The highest BCUT2D eigenvalue weighted by atomic mass is 19.1. The van der Waals surface area contributed by atoms with Crippen LogP contribution in [0.4, 0.5) is 4.39 Å². The predicted molar refractivity (Wildman–Crippen MR) is 107 cm³/mol. The van der Waals surface area contributed by atoms with Gasteiger partial charge in [0.25, 0.3) is 0 Å². The molecule has 0 aliphatic carbocycles. The zero-order valence-corrected chi connectivity index (χ0v) is 16.8. The number of hydrogen-bond acceptors (Lipinski definition) is 6. The van der Waals surface area contributed by atoms with Gasteiger partial charge in [0.2, 0.25) is 0 Å². The van der Waals surface area contributed by atoms with Crippen molar-refractivity contribution in [2.24, 2.45) is 0 Å². The normalized spacial score (nSPS) is 10.5. The monoisotopic (exact) mass is 412 g/mol. The Morgan fingerprint density at radius 1 is 1.03 bits per heavy atom. The van der Waals surface area contributed by atoms with Gasteiger partial charge in [0.15, 0.2) is 17.3 Å². The highest BCUT2D eigenvalue weighted by Crippen LogP contribution is 2.32. The zero-order chi connectivity index (χ0) is 21.7. The molecule has 156 valence electrons. The minimum absolute atomic E-state index is 0.0269. The van der Waals surface area contributed by atoms with E-state index in [0.29, 0.717) is 24.3 Å². The lowest BCUT2D eigenvalue weighted by atomic mass is 10.0. The second-order valence-corrected chi connectivity index (χ2v) is 6.30. The van der Waals surface area contributed by atoms with E-state index in [0.717, 1.165) is 0 Å². The standard InChI is InChI=1S/C22H21FN2O5/c1-4-12-30-17-13-14(10-11-16(17)23)19-18(21(26)28-2)20(22(27)29-3)25(24-19)15-8-6-5-7-9-15/h5-11,13H,4,12H2,1-3H3. The van der Waals surface area contributed by atoms with E-state index in [1.54, 1.807) is 24.3 Å². The molecule has 0 bridgehead atoms. The quantitative estimate of drug-likeness (QED) is 0.545. The van der Waals surface area contributed by atoms with Crippen LogP contribution in [0.5, 0.6) is 5.75 Å². The summed E-state index contributed by atoms with van der Waals surface area (Å²) in [5.74, 6) is -2.04. The lowest BCUT2D eigenvalue weighted by molar-refractivity contribution is 0.0549. The van der Waals surface area contributed by atoms with Gasteiger partial charge in [-0.05, 0) is 36.8 Å². The van der Waals surface area contributed by atoms with Gasteiger partial charge < -0.3 is 14.2 Å². The third kappa shape index (κ3) is 4.03. The lowest BCUT2D eigenvalue weighted by Crippen LogP contribution is -2.15. The maximum atomic E-state index is 14.1. The largest absolute Gasteiger partial charge is 0.491 e. The predicted octanol–water partition coefficient (Wildman–Crippen LogP) is 4.04. The number of benzene rings is 2. The Morgan fingerprint density at radius 2 is 1.73 bits per heavy atom. The van der Waals surface area contributed by atoms with E-state index in [1.165, 1.54) is 37.1 Å². The number of halogens is 1. The molecule has 0 aliphatic heterocycles. The molecule has 0 aliphatic rings. The van der Waals surface area contributed by atoms with Crippen LogP contribution in [0.25, 0.3) is 16.9 Å². The Labute approximate surface area is 173 Å². The third-order valence-electron chi connectivity index (χ3n) is 4.32.